The molecule has 4 atom stereocenters. The van der Waals surface area contributed by atoms with Gasteiger partial charge in [0.05, 0.1) is 6.61 Å². The van der Waals surface area contributed by atoms with Crippen molar-refractivity contribution in [2.45, 2.75) is 24.4 Å². The number of hydrogen-bond donors (Lipinski definition) is 3. The molecule has 116 valence electrons. The molecule has 5 heteroatoms. The average molecular weight is 304 g/mol. The molecule has 0 radical (unpaired) electrons. The minimum Gasteiger partial charge on any atom is -0.394 e. The topological polar surface area (TPSA) is 69.9 Å². The second-order valence-corrected chi connectivity index (χ2v) is 5.39. The third-order valence-electron chi connectivity index (χ3n) is 3.96. The summed E-state index contributed by atoms with van der Waals surface area (Å²) in [6.07, 6.45) is -3.63. The molecule has 0 aliphatic carbocycles. The maximum absolute atomic E-state index is 12.9. The zero-order valence-electron chi connectivity index (χ0n) is 11.8. The molecule has 0 saturated carbocycles. The summed E-state index contributed by atoms with van der Waals surface area (Å²) in [7, 11) is 0. The van der Waals surface area contributed by atoms with Gasteiger partial charge >= 0.3 is 0 Å². The highest BCUT2D eigenvalue weighted by Crippen LogP contribution is 2.34. The first kappa shape index (κ1) is 15.1. The largest absolute Gasteiger partial charge is 0.394 e. The van der Waals surface area contributed by atoms with Crippen LogP contribution in [0.15, 0.2) is 48.5 Å². The summed E-state index contributed by atoms with van der Waals surface area (Å²) in [5.41, 5.74) is 2.51. The Morgan fingerprint density at radius 1 is 0.864 bits per heavy atom. The van der Waals surface area contributed by atoms with Crippen molar-refractivity contribution in [3.8, 4) is 11.1 Å². The van der Waals surface area contributed by atoms with Crippen LogP contribution in [0.2, 0.25) is 0 Å². The molecule has 1 aliphatic heterocycles. The van der Waals surface area contributed by atoms with Crippen LogP contribution in [0.1, 0.15) is 11.7 Å². The fourth-order valence-electron chi connectivity index (χ4n) is 2.68. The first-order chi connectivity index (χ1) is 10.6. The van der Waals surface area contributed by atoms with Gasteiger partial charge in [-0.2, -0.15) is 0 Å². The first-order valence-corrected chi connectivity index (χ1v) is 7.08. The maximum atomic E-state index is 12.9. The summed E-state index contributed by atoms with van der Waals surface area (Å²) < 4.78 is 18.4. The van der Waals surface area contributed by atoms with E-state index in [1.54, 1.807) is 24.3 Å². The van der Waals surface area contributed by atoms with E-state index in [-0.39, 0.29) is 12.4 Å². The molecule has 1 aliphatic rings. The van der Waals surface area contributed by atoms with Crippen LogP contribution in [-0.4, -0.2) is 40.2 Å². The Balaban J connectivity index is 1.81. The predicted molar refractivity (Wildman–Crippen MR) is 78.5 cm³/mol. The van der Waals surface area contributed by atoms with Crippen LogP contribution in [0.3, 0.4) is 0 Å². The Labute approximate surface area is 127 Å². The van der Waals surface area contributed by atoms with Crippen molar-refractivity contribution < 1.29 is 24.4 Å². The van der Waals surface area contributed by atoms with Crippen molar-refractivity contribution in [3.05, 3.63) is 59.9 Å². The Bertz CT molecular complexity index is 626. The van der Waals surface area contributed by atoms with Crippen molar-refractivity contribution in [1.82, 2.24) is 0 Å². The highest BCUT2D eigenvalue weighted by atomic mass is 19.1. The fraction of sp³-hybridized carbons (Fsp3) is 0.294. The van der Waals surface area contributed by atoms with Crippen LogP contribution in [0.5, 0.6) is 0 Å². The van der Waals surface area contributed by atoms with Gasteiger partial charge in [0.25, 0.3) is 0 Å². The SMILES string of the molecule is OC[C@H]1O[C@@H](c2ccc(-c3ccc(F)cc3)cc2)[C@H](O)[C@@H]1O. The van der Waals surface area contributed by atoms with Crippen LogP contribution in [-0.2, 0) is 4.74 Å². The smallest absolute Gasteiger partial charge is 0.123 e. The molecule has 1 saturated heterocycles. The highest BCUT2D eigenvalue weighted by molar-refractivity contribution is 5.63. The molecule has 3 rings (SSSR count). The van der Waals surface area contributed by atoms with Gasteiger partial charge in [0.15, 0.2) is 0 Å². The summed E-state index contributed by atoms with van der Waals surface area (Å²) in [5.74, 6) is -0.285. The maximum Gasteiger partial charge on any atom is 0.123 e. The summed E-state index contributed by atoms with van der Waals surface area (Å²) >= 11 is 0. The number of benzene rings is 2. The first-order valence-electron chi connectivity index (χ1n) is 7.08. The fourth-order valence-corrected chi connectivity index (χ4v) is 2.68. The van der Waals surface area contributed by atoms with E-state index in [9.17, 15) is 14.6 Å². The highest BCUT2D eigenvalue weighted by Gasteiger charge is 2.42. The molecule has 0 bridgehead atoms. The molecule has 22 heavy (non-hydrogen) atoms. The van der Waals surface area contributed by atoms with Crippen molar-refractivity contribution in [3.63, 3.8) is 0 Å². The average Bonchev–Trinajstić information content (AvgIpc) is 2.84. The zero-order chi connectivity index (χ0) is 15.7. The lowest BCUT2D eigenvalue weighted by molar-refractivity contribution is -0.0227. The molecule has 2 aromatic rings. The Kier molecular flexibility index (Phi) is 4.22. The summed E-state index contributed by atoms with van der Waals surface area (Å²) in [4.78, 5) is 0. The van der Waals surface area contributed by atoms with E-state index in [0.29, 0.717) is 5.56 Å². The van der Waals surface area contributed by atoms with E-state index in [4.69, 9.17) is 9.84 Å². The van der Waals surface area contributed by atoms with E-state index in [0.717, 1.165) is 11.1 Å². The van der Waals surface area contributed by atoms with Crippen LogP contribution in [0, 0.1) is 5.82 Å². The third-order valence-corrected chi connectivity index (χ3v) is 3.96. The molecule has 0 aromatic heterocycles. The molecule has 3 N–H and O–H groups in total. The summed E-state index contributed by atoms with van der Waals surface area (Å²) in [6, 6.07) is 13.4. The lowest BCUT2D eigenvalue weighted by Crippen LogP contribution is -2.32. The van der Waals surface area contributed by atoms with Crippen molar-refractivity contribution in [2.75, 3.05) is 6.61 Å². The second-order valence-electron chi connectivity index (χ2n) is 5.39. The number of aliphatic hydroxyl groups is 3. The molecule has 0 amide bonds. The van der Waals surface area contributed by atoms with Crippen LogP contribution in [0.4, 0.5) is 4.39 Å². The van der Waals surface area contributed by atoms with Gasteiger partial charge in [-0.1, -0.05) is 36.4 Å². The van der Waals surface area contributed by atoms with Crippen LogP contribution in [0.25, 0.3) is 11.1 Å². The van der Waals surface area contributed by atoms with E-state index in [2.05, 4.69) is 0 Å². The van der Waals surface area contributed by atoms with Crippen molar-refractivity contribution in [1.29, 1.82) is 0 Å². The van der Waals surface area contributed by atoms with Crippen LogP contribution < -0.4 is 0 Å². The number of aliphatic hydroxyl groups excluding tert-OH is 3. The normalized spacial score (nSPS) is 28.0. The van der Waals surface area contributed by atoms with Crippen molar-refractivity contribution >= 4 is 0 Å². The standard InChI is InChI=1S/C17H17FO4/c18-13-7-5-11(6-8-13)10-1-3-12(4-2-10)17-16(21)15(20)14(9-19)22-17/h1-8,14-17,19-21H,9H2/t14-,15-,16-,17+/m1/s1. The quantitative estimate of drug-likeness (QED) is 0.806. The van der Waals surface area contributed by atoms with E-state index >= 15 is 0 Å². The second kappa shape index (κ2) is 6.14. The Morgan fingerprint density at radius 3 is 1.91 bits per heavy atom. The lowest BCUT2D eigenvalue weighted by atomic mass is 9.98. The monoisotopic (exact) mass is 304 g/mol. The summed E-state index contributed by atoms with van der Waals surface area (Å²) in [6.45, 7) is -0.345. The predicted octanol–water partition coefficient (Wildman–Crippen LogP) is 1.65. The minimum absolute atomic E-state index is 0.285. The zero-order valence-corrected chi connectivity index (χ0v) is 11.8. The molecular formula is C17H17FO4. The van der Waals surface area contributed by atoms with Gasteiger partial charge in [-0.25, -0.2) is 4.39 Å². The molecule has 0 spiro atoms. The van der Waals surface area contributed by atoms with Gasteiger partial charge in [-0.05, 0) is 28.8 Å². The van der Waals surface area contributed by atoms with E-state index in [1.165, 1.54) is 12.1 Å². The number of hydrogen-bond acceptors (Lipinski definition) is 4. The lowest BCUT2D eigenvalue weighted by Gasteiger charge is -2.15. The molecular weight excluding hydrogens is 287 g/mol. The number of ether oxygens (including phenoxy) is 1. The van der Waals surface area contributed by atoms with Gasteiger partial charge in [-0.15, -0.1) is 0 Å². The molecule has 0 unspecified atom stereocenters. The van der Waals surface area contributed by atoms with Crippen molar-refractivity contribution in [2.24, 2.45) is 0 Å². The third kappa shape index (κ3) is 2.76. The number of halogens is 1. The minimum atomic E-state index is -1.10. The van der Waals surface area contributed by atoms with Gasteiger partial charge in [0, 0.05) is 0 Å². The summed E-state index contributed by atoms with van der Waals surface area (Å²) in [5, 5.41) is 28.9. The van der Waals surface area contributed by atoms with Gasteiger partial charge in [0.1, 0.15) is 30.2 Å². The molecule has 4 nitrogen and oxygen atoms in total. The van der Waals surface area contributed by atoms with E-state index in [1.807, 2.05) is 12.1 Å². The Morgan fingerprint density at radius 2 is 1.41 bits per heavy atom. The van der Waals surface area contributed by atoms with Crippen LogP contribution >= 0.6 is 0 Å². The Hall–Kier alpha value is -1.79. The molecule has 1 heterocycles. The molecule has 2 aromatic carbocycles. The van der Waals surface area contributed by atoms with Gasteiger partial charge < -0.3 is 20.1 Å². The van der Waals surface area contributed by atoms with Gasteiger partial charge in [0.2, 0.25) is 0 Å². The van der Waals surface area contributed by atoms with Gasteiger partial charge in [-0.3, -0.25) is 0 Å². The molecule has 1 fully saturated rings. The number of rotatable bonds is 3. The van der Waals surface area contributed by atoms with E-state index < -0.39 is 24.4 Å².